The molecule has 2 aromatic heterocycles. The summed E-state index contributed by atoms with van der Waals surface area (Å²) in [6.45, 7) is 1.02. The van der Waals surface area contributed by atoms with Crippen LogP contribution in [-0.2, 0) is 24.9 Å². The second kappa shape index (κ2) is 5.78. The zero-order valence-corrected chi connectivity index (χ0v) is 11.9. The lowest BCUT2D eigenvalue weighted by Gasteiger charge is -2.06. The molecule has 0 radical (unpaired) electrons. The Balaban J connectivity index is 1.55. The first kappa shape index (κ1) is 13.4. The fraction of sp³-hybridized carbons (Fsp3) is 0.267. The van der Waals surface area contributed by atoms with Gasteiger partial charge in [0.15, 0.2) is 0 Å². The number of carbonyl (C=O) groups excluding carboxylic acids is 1. The van der Waals surface area contributed by atoms with Crippen LogP contribution < -0.4 is 5.32 Å². The van der Waals surface area contributed by atoms with Crippen molar-refractivity contribution < 1.29 is 4.79 Å². The Morgan fingerprint density at radius 3 is 3.00 bits per heavy atom. The van der Waals surface area contributed by atoms with E-state index in [0.717, 1.165) is 16.7 Å². The number of para-hydroxylation sites is 1. The summed E-state index contributed by atoms with van der Waals surface area (Å²) in [7, 11) is 1.91. The van der Waals surface area contributed by atoms with E-state index in [0.29, 0.717) is 19.5 Å². The molecule has 1 N–H and O–H groups in total. The van der Waals surface area contributed by atoms with Gasteiger partial charge in [-0.25, -0.2) is 4.98 Å². The van der Waals surface area contributed by atoms with Crippen LogP contribution in [0.25, 0.3) is 10.9 Å². The first-order chi connectivity index (χ1) is 10.2. The molecule has 0 aliphatic heterocycles. The summed E-state index contributed by atoms with van der Waals surface area (Å²) in [5.74, 6) is 0.838. The third-order valence-electron chi connectivity index (χ3n) is 3.47. The summed E-state index contributed by atoms with van der Waals surface area (Å²) in [5, 5.41) is 8.27. The van der Waals surface area contributed by atoms with Gasteiger partial charge in [-0.15, -0.1) is 0 Å². The maximum Gasteiger partial charge on any atom is 0.222 e. The van der Waals surface area contributed by atoms with Gasteiger partial charge >= 0.3 is 0 Å². The van der Waals surface area contributed by atoms with E-state index < -0.39 is 0 Å². The van der Waals surface area contributed by atoms with Crippen molar-refractivity contribution in [1.29, 1.82) is 0 Å². The number of carbonyl (C=O) groups is 1. The molecule has 0 unspecified atom stereocenters. The molecule has 0 aliphatic carbocycles. The van der Waals surface area contributed by atoms with E-state index in [1.54, 1.807) is 6.20 Å². The summed E-state index contributed by atoms with van der Waals surface area (Å²) < 4.78 is 3.75. The lowest BCUT2D eigenvalue weighted by molar-refractivity contribution is -0.121. The molecule has 0 spiro atoms. The van der Waals surface area contributed by atoms with Crippen LogP contribution in [0.2, 0.25) is 0 Å². The van der Waals surface area contributed by atoms with Gasteiger partial charge in [0.1, 0.15) is 5.82 Å². The van der Waals surface area contributed by atoms with Crippen molar-refractivity contribution in [3.63, 3.8) is 0 Å². The van der Waals surface area contributed by atoms with E-state index >= 15 is 0 Å². The van der Waals surface area contributed by atoms with Crippen LogP contribution >= 0.6 is 0 Å². The number of rotatable bonds is 5. The number of aryl methyl sites for hydroxylation is 2. The Bertz CT molecular complexity index is 758. The van der Waals surface area contributed by atoms with Crippen molar-refractivity contribution >= 4 is 16.8 Å². The maximum absolute atomic E-state index is 11.9. The lowest BCUT2D eigenvalue weighted by Crippen LogP contribution is -2.25. The standard InChI is InChI=1S/C15H17N5O/c1-19-9-7-16-14(19)11-17-15(21)6-8-20-13-5-3-2-4-12(13)10-18-20/h2-5,7,9-10H,6,8,11H2,1H3,(H,17,21). The molecule has 6 nitrogen and oxygen atoms in total. The Morgan fingerprint density at radius 2 is 2.19 bits per heavy atom. The fourth-order valence-corrected chi connectivity index (χ4v) is 2.24. The largest absolute Gasteiger partial charge is 0.349 e. The number of aromatic nitrogens is 4. The molecule has 0 atom stereocenters. The van der Waals surface area contributed by atoms with Crippen molar-refractivity contribution in [2.75, 3.05) is 0 Å². The van der Waals surface area contributed by atoms with E-state index in [9.17, 15) is 4.79 Å². The minimum atomic E-state index is -0.00224. The minimum Gasteiger partial charge on any atom is -0.349 e. The topological polar surface area (TPSA) is 64.7 Å². The number of hydrogen-bond acceptors (Lipinski definition) is 3. The highest BCUT2D eigenvalue weighted by Gasteiger charge is 2.06. The minimum absolute atomic E-state index is 0.00224. The van der Waals surface area contributed by atoms with Crippen molar-refractivity contribution in [3.05, 3.63) is 48.7 Å². The van der Waals surface area contributed by atoms with Gasteiger partial charge in [0.25, 0.3) is 0 Å². The molecular weight excluding hydrogens is 266 g/mol. The molecule has 3 aromatic rings. The second-order valence-electron chi connectivity index (χ2n) is 4.91. The molecule has 1 aromatic carbocycles. The molecule has 0 fully saturated rings. The van der Waals surface area contributed by atoms with Crippen LogP contribution in [0.5, 0.6) is 0 Å². The zero-order valence-electron chi connectivity index (χ0n) is 11.9. The first-order valence-corrected chi connectivity index (χ1v) is 6.87. The Kier molecular flexibility index (Phi) is 3.68. The molecule has 21 heavy (non-hydrogen) atoms. The van der Waals surface area contributed by atoms with Crippen molar-refractivity contribution in [2.45, 2.75) is 19.5 Å². The SMILES string of the molecule is Cn1ccnc1CNC(=O)CCn1ncc2ccccc21. The zero-order chi connectivity index (χ0) is 14.7. The Hall–Kier alpha value is -2.63. The molecule has 0 aliphatic rings. The van der Waals surface area contributed by atoms with Crippen LogP contribution in [0, 0.1) is 0 Å². The number of hydrogen-bond donors (Lipinski definition) is 1. The third-order valence-corrected chi connectivity index (χ3v) is 3.47. The number of amides is 1. The molecule has 108 valence electrons. The third kappa shape index (κ3) is 2.94. The molecule has 3 rings (SSSR count). The van der Waals surface area contributed by atoms with Crippen LogP contribution in [0.1, 0.15) is 12.2 Å². The van der Waals surface area contributed by atoms with Crippen LogP contribution in [0.3, 0.4) is 0 Å². The van der Waals surface area contributed by atoms with Crippen LogP contribution in [-0.4, -0.2) is 25.2 Å². The van der Waals surface area contributed by atoms with Gasteiger partial charge in [0.2, 0.25) is 5.91 Å². The lowest BCUT2D eigenvalue weighted by atomic mass is 10.2. The molecule has 1 amide bonds. The quantitative estimate of drug-likeness (QED) is 0.771. The monoisotopic (exact) mass is 283 g/mol. The molecular formula is C15H17N5O. The predicted molar refractivity (Wildman–Crippen MR) is 79.4 cm³/mol. The van der Waals surface area contributed by atoms with E-state index in [1.165, 1.54) is 0 Å². The summed E-state index contributed by atoms with van der Waals surface area (Å²) in [6, 6.07) is 7.98. The number of fused-ring (bicyclic) bond motifs is 1. The molecule has 0 bridgehead atoms. The number of benzene rings is 1. The fourth-order valence-electron chi connectivity index (χ4n) is 2.24. The van der Waals surface area contributed by atoms with Gasteiger partial charge in [-0.05, 0) is 6.07 Å². The molecule has 6 heteroatoms. The Morgan fingerprint density at radius 1 is 1.33 bits per heavy atom. The summed E-state index contributed by atoms with van der Waals surface area (Å²) in [6.07, 6.45) is 5.80. The number of nitrogens with one attached hydrogen (secondary N) is 1. The van der Waals surface area contributed by atoms with E-state index in [1.807, 2.05) is 53.0 Å². The second-order valence-corrected chi connectivity index (χ2v) is 4.91. The highest BCUT2D eigenvalue weighted by Crippen LogP contribution is 2.12. The van der Waals surface area contributed by atoms with Crippen molar-refractivity contribution in [2.24, 2.45) is 7.05 Å². The normalized spacial score (nSPS) is 10.9. The maximum atomic E-state index is 11.9. The smallest absolute Gasteiger partial charge is 0.222 e. The van der Waals surface area contributed by atoms with Crippen LogP contribution in [0.15, 0.2) is 42.9 Å². The average Bonchev–Trinajstić information content (AvgIpc) is 3.09. The molecule has 0 saturated carbocycles. The Labute approximate surface area is 122 Å². The average molecular weight is 283 g/mol. The van der Waals surface area contributed by atoms with Gasteiger partial charge in [0, 0.05) is 31.2 Å². The number of nitrogens with zero attached hydrogens (tertiary/aromatic N) is 4. The van der Waals surface area contributed by atoms with E-state index in [4.69, 9.17) is 0 Å². The first-order valence-electron chi connectivity index (χ1n) is 6.87. The van der Waals surface area contributed by atoms with Gasteiger partial charge in [-0.2, -0.15) is 5.10 Å². The summed E-state index contributed by atoms with van der Waals surface area (Å²) in [4.78, 5) is 16.1. The van der Waals surface area contributed by atoms with Crippen molar-refractivity contribution in [1.82, 2.24) is 24.6 Å². The van der Waals surface area contributed by atoms with E-state index in [-0.39, 0.29) is 5.91 Å². The van der Waals surface area contributed by atoms with Gasteiger partial charge < -0.3 is 9.88 Å². The summed E-state index contributed by atoms with van der Waals surface area (Å²) in [5.41, 5.74) is 1.05. The van der Waals surface area contributed by atoms with Crippen LogP contribution in [0.4, 0.5) is 0 Å². The predicted octanol–water partition coefficient (Wildman–Crippen LogP) is 1.48. The van der Waals surface area contributed by atoms with Gasteiger partial charge in [0.05, 0.1) is 24.8 Å². The van der Waals surface area contributed by atoms with Gasteiger partial charge in [-0.1, -0.05) is 18.2 Å². The highest BCUT2D eigenvalue weighted by atomic mass is 16.1. The van der Waals surface area contributed by atoms with Crippen molar-refractivity contribution in [3.8, 4) is 0 Å². The summed E-state index contributed by atoms with van der Waals surface area (Å²) >= 11 is 0. The van der Waals surface area contributed by atoms with Gasteiger partial charge in [-0.3, -0.25) is 9.48 Å². The molecule has 2 heterocycles. The highest BCUT2D eigenvalue weighted by molar-refractivity contribution is 5.79. The number of imidazole rings is 1. The molecule has 0 saturated heterocycles. The van der Waals surface area contributed by atoms with E-state index in [2.05, 4.69) is 15.4 Å².